The summed E-state index contributed by atoms with van der Waals surface area (Å²) < 4.78 is 0. The topological polar surface area (TPSA) is 0 Å². The zero-order valence-corrected chi connectivity index (χ0v) is 45.9. The van der Waals surface area contributed by atoms with Crippen molar-refractivity contribution >= 4 is 0 Å². The van der Waals surface area contributed by atoms with Gasteiger partial charge in [0.2, 0.25) is 0 Å². The summed E-state index contributed by atoms with van der Waals surface area (Å²) in [6.45, 7) is 58.2. The Labute approximate surface area is 392 Å². The Balaban J connectivity index is 0.000000401. The van der Waals surface area contributed by atoms with Crippen molar-refractivity contribution in [3.63, 3.8) is 0 Å². The number of aryl methyl sites for hydroxylation is 7. The Bertz CT molecular complexity index is 2040. The maximum absolute atomic E-state index is 2.40. The molecule has 0 spiro atoms. The summed E-state index contributed by atoms with van der Waals surface area (Å²) in [6.07, 6.45) is 0. The van der Waals surface area contributed by atoms with E-state index in [1.54, 1.807) is 0 Å². The van der Waals surface area contributed by atoms with E-state index in [1.807, 2.05) is 0 Å². The van der Waals surface area contributed by atoms with Gasteiger partial charge in [0.1, 0.15) is 0 Å². The van der Waals surface area contributed by atoms with Gasteiger partial charge in [-0.2, -0.15) is 0 Å². The molecule has 5 aromatic rings. The molecule has 0 aliphatic carbocycles. The number of hydrogen-bond donors (Lipinski definition) is 0. The van der Waals surface area contributed by atoms with Crippen LogP contribution in [0, 0.1) is 69.2 Å². The molecule has 0 bridgehead atoms. The molecule has 0 saturated heterocycles. The Kier molecular flexibility index (Phi) is 22.6. The van der Waals surface area contributed by atoms with Gasteiger partial charge in [0.05, 0.1) is 0 Å². The predicted molar refractivity (Wildman–Crippen MR) is 287 cm³/mol. The van der Waals surface area contributed by atoms with Gasteiger partial charge in [-0.25, -0.2) is 0 Å². The lowest BCUT2D eigenvalue weighted by atomic mass is 9.79. The smallest absolute Gasteiger partial charge is 0.0129 e. The molecule has 0 saturated carbocycles. The van der Waals surface area contributed by atoms with E-state index in [0.717, 1.165) is 0 Å². The number of rotatable bonds is 5. The van der Waals surface area contributed by atoms with Gasteiger partial charge >= 0.3 is 0 Å². The van der Waals surface area contributed by atoms with Gasteiger partial charge in [0.25, 0.3) is 0 Å². The second kappa shape index (κ2) is 25.0. The van der Waals surface area contributed by atoms with Gasteiger partial charge in [-0.15, -0.1) is 0 Å². The van der Waals surface area contributed by atoms with Crippen LogP contribution in [0.15, 0.2) is 78.9 Å². The van der Waals surface area contributed by atoms with E-state index in [4.69, 9.17) is 0 Å². The van der Waals surface area contributed by atoms with Crippen molar-refractivity contribution in [2.75, 3.05) is 0 Å². The van der Waals surface area contributed by atoms with E-state index >= 15 is 0 Å². The highest BCUT2D eigenvalue weighted by Crippen LogP contribution is 2.33. The Morgan fingerprint density at radius 1 is 0.302 bits per heavy atom. The first kappa shape index (κ1) is 57.1. The van der Waals surface area contributed by atoms with Gasteiger partial charge in [0, 0.05) is 0 Å². The monoisotopic (exact) mass is 853 g/mol. The highest BCUT2D eigenvalue weighted by molar-refractivity contribution is 5.43. The first-order valence-electron chi connectivity index (χ1n) is 24.2. The third kappa shape index (κ3) is 18.6. The normalized spacial score (nSPS) is 11.4. The van der Waals surface area contributed by atoms with Gasteiger partial charge < -0.3 is 0 Å². The molecule has 348 valence electrons. The predicted octanol–water partition coefficient (Wildman–Crippen LogP) is 19.7. The molecule has 0 aliphatic rings. The summed E-state index contributed by atoms with van der Waals surface area (Å²) >= 11 is 0. The second-order valence-corrected chi connectivity index (χ2v) is 22.4. The van der Waals surface area contributed by atoms with Crippen molar-refractivity contribution in [1.82, 2.24) is 0 Å². The van der Waals surface area contributed by atoms with E-state index < -0.39 is 0 Å². The minimum Gasteiger partial charge on any atom is -0.0591 e. The number of benzene rings is 5. The van der Waals surface area contributed by atoms with Crippen molar-refractivity contribution in [3.05, 3.63) is 173 Å². The Hall–Kier alpha value is -3.90. The SMILES string of the molecule is Cc1c(C(C)C)cc(C(C)C)cc1C(C)C.Cc1cc(C(C)C)c(C)c(C(C)C)c1.Cc1cc(C)c(C)c(C)c1.Cc1ccc(C(C)(C)C)cc1C(C)(C)C.Cc1ccc(C)cc1. The molecule has 0 amide bonds. The van der Waals surface area contributed by atoms with Crippen LogP contribution in [0.5, 0.6) is 0 Å². The van der Waals surface area contributed by atoms with Crippen molar-refractivity contribution in [1.29, 1.82) is 0 Å². The van der Waals surface area contributed by atoms with Gasteiger partial charge in [-0.3, -0.25) is 0 Å². The van der Waals surface area contributed by atoms with Crippen LogP contribution >= 0.6 is 0 Å². The molecule has 0 radical (unpaired) electrons. The molecule has 0 nitrogen and oxygen atoms in total. The third-order valence-corrected chi connectivity index (χ3v) is 12.5. The van der Waals surface area contributed by atoms with Crippen molar-refractivity contribution < 1.29 is 0 Å². The highest BCUT2D eigenvalue weighted by Gasteiger charge is 2.20. The molecule has 0 aliphatic heterocycles. The standard InChI is InChI=1S/C16H26.C15H24.C14H22.C10H14.C8H10/c1-10(2)14-8-15(11(3)4)13(7)16(9-14)12(5)6;1-11-8-9-12(14(2,3)4)10-13(11)15(5,6)7;1-9(2)13-7-11(5)8-14(10(3)4)12(13)6;1-7-5-8(2)10(4)9(3)6-7;1-7-3-5-8(2)6-4-7/h8-12H,1-7H3;8-10H,1-7H3;7-10H,1-6H3;5-6H,1-4H3;3-6H,1-2H3. The average molecular weight is 853 g/mol. The average Bonchev–Trinajstić information content (AvgIpc) is 3.15. The van der Waals surface area contributed by atoms with Crippen LogP contribution in [0.2, 0.25) is 0 Å². The van der Waals surface area contributed by atoms with E-state index in [-0.39, 0.29) is 10.8 Å². The van der Waals surface area contributed by atoms with Gasteiger partial charge in [-0.1, -0.05) is 212 Å². The van der Waals surface area contributed by atoms with Crippen LogP contribution in [-0.4, -0.2) is 0 Å². The molecule has 63 heavy (non-hydrogen) atoms. The summed E-state index contributed by atoms with van der Waals surface area (Å²) in [4.78, 5) is 0. The summed E-state index contributed by atoms with van der Waals surface area (Å²) in [5.41, 5.74) is 24.9. The first-order valence-corrected chi connectivity index (χ1v) is 24.2. The van der Waals surface area contributed by atoms with Crippen LogP contribution in [0.4, 0.5) is 0 Å². The summed E-state index contributed by atoms with van der Waals surface area (Å²) in [5.74, 6) is 3.13. The van der Waals surface area contributed by atoms with Crippen LogP contribution in [-0.2, 0) is 10.8 Å². The van der Waals surface area contributed by atoms with E-state index in [1.165, 1.54) is 94.6 Å². The molecular formula is C63H96. The zero-order chi connectivity index (χ0) is 48.9. The fourth-order valence-corrected chi connectivity index (χ4v) is 8.22. The van der Waals surface area contributed by atoms with E-state index in [9.17, 15) is 0 Å². The van der Waals surface area contributed by atoms with Crippen LogP contribution in [0.3, 0.4) is 0 Å². The lowest BCUT2D eigenvalue weighted by Crippen LogP contribution is -2.17. The summed E-state index contributed by atoms with van der Waals surface area (Å²) in [7, 11) is 0. The molecule has 0 aromatic heterocycles. The lowest BCUT2D eigenvalue weighted by Gasteiger charge is -2.26. The Morgan fingerprint density at radius 3 is 0.937 bits per heavy atom. The van der Waals surface area contributed by atoms with Crippen molar-refractivity contribution in [3.8, 4) is 0 Å². The third-order valence-electron chi connectivity index (χ3n) is 12.5. The number of hydrogen-bond acceptors (Lipinski definition) is 0. The maximum atomic E-state index is 2.40. The quantitative estimate of drug-likeness (QED) is 0.165. The molecule has 0 unspecified atom stereocenters. The minimum atomic E-state index is 0.241. The highest BCUT2D eigenvalue weighted by atomic mass is 14.3. The van der Waals surface area contributed by atoms with Crippen molar-refractivity contribution in [2.45, 2.75) is 220 Å². The first-order chi connectivity index (χ1) is 28.8. The molecule has 0 fully saturated rings. The summed E-state index contributed by atoms with van der Waals surface area (Å²) in [5, 5.41) is 0. The molecule has 0 N–H and O–H groups in total. The lowest BCUT2D eigenvalue weighted by molar-refractivity contribution is 0.566. The molecule has 0 atom stereocenters. The van der Waals surface area contributed by atoms with Gasteiger partial charge in [-0.05, 0) is 182 Å². The van der Waals surface area contributed by atoms with Crippen LogP contribution < -0.4 is 0 Å². The molecule has 5 rings (SSSR count). The maximum Gasteiger partial charge on any atom is -0.0129 e. The zero-order valence-electron chi connectivity index (χ0n) is 45.9. The fraction of sp³-hybridized carbons (Fsp3) is 0.524. The van der Waals surface area contributed by atoms with Crippen molar-refractivity contribution in [2.24, 2.45) is 0 Å². The molecule has 0 heteroatoms. The van der Waals surface area contributed by atoms with Crippen LogP contribution in [0.1, 0.15) is 235 Å². The second-order valence-electron chi connectivity index (χ2n) is 22.4. The largest absolute Gasteiger partial charge is 0.0591 e. The molecule has 5 aromatic carbocycles. The van der Waals surface area contributed by atoms with E-state index in [0.29, 0.717) is 29.6 Å². The Morgan fingerprint density at radius 2 is 0.635 bits per heavy atom. The minimum absolute atomic E-state index is 0.241. The molecular weight excluding hydrogens is 757 g/mol. The summed E-state index contributed by atoms with van der Waals surface area (Å²) in [6, 6.07) is 29.3. The van der Waals surface area contributed by atoms with Crippen LogP contribution in [0.25, 0.3) is 0 Å². The van der Waals surface area contributed by atoms with E-state index in [2.05, 4.69) is 259 Å². The van der Waals surface area contributed by atoms with Gasteiger partial charge in [0.15, 0.2) is 0 Å². The fourth-order valence-electron chi connectivity index (χ4n) is 8.22. The molecule has 0 heterocycles.